The predicted octanol–water partition coefficient (Wildman–Crippen LogP) is 3.93. The van der Waals surface area contributed by atoms with Crippen LogP contribution in [0.2, 0.25) is 0 Å². The summed E-state index contributed by atoms with van der Waals surface area (Å²) in [4.78, 5) is 26.7. The van der Waals surface area contributed by atoms with E-state index in [0.717, 1.165) is 23.2 Å². The number of amides is 1. The number of carbonyl (C=O) groups is 1. The molecule has 2 N–H and O–H groups in total. The van der Waals surface area contributed by atoms with E-state index in [1.165, 1.54) is 37.7 Å². The fourth-order valence-corrected chi connectivity index (χ4v) is 4.70. The first-order valence-corrected chi connectivity index (χ1v) is 10.9. The average molecular weight is 422 g/mol. The lowest BCUT2D eigenvalue weighted by atomic mass is 9.56. The van der Waals surface area contributed by atoms with Gasteiger partial charge in [-0.05, 0) is 55.4 Å². The molecule has 154 valence electrons. The third kappa shape index (κ3) is 3.49. The Morgan fingerprint density at radius 2 is 2.13 bits per heavy atom. The normalized spacial score (nSPS) is 21.7. The number of pyridine rings is 2. The van der Waals surface area contributed by atoms with Crippen LogP contribution >= 0.6 is 11.5 Å². The number of aromatic nitrogens is 4. The minimum atomic E-state index is -0.0726. The smallest absolute Gasteiger partial charge is 0.223 e. The average Bonchev–Trinajstić information content (AvgIpc) is 3.20. The van der Waals surface area contributed by atoms with Crippen LogP contribution in [0.4, 0.5) is 22.3 Å². The Labute approximate surface area is 178 Å². The lowest BCUT2D eigenvalue weighted by Gasteiger charge is -2.53. The Balaban J connectivity index is 1.27. The number of rotatable bonds is 6. The van der Waals surface area contributed by atoms with Crippen LogP contribution in [0.5, 0.6) is 0 Å². The van der Waals surface area contributed by atoms with Crippen LogP contribution in [0.25, 0.3) is 11.5 Å². The molecule has 0 bridgehead atoms. The first-order chi connectivity index (χ1) is 14.6. The predicted molar refractivity (Wildman–Crippen MR) is 118 cm³/mol. The van der Waals surface area contributed by atoms with Crippen molar-refractivity contribution >= 4 is 39.8 Å². The van der Waals surface area contributed by atoms with Gasteiger partial charge in [0.25, 0.3) is 0 Å². The number of nitrogens with zero attached hydrogens (tertiary/aromatic N) is 5. The number of hydrogen-bond donors (Lipinski definition) is 2. The van der Waals surface area contributed by atoms with Crippen LogP contribution < -0.4 is 15.5 Å². The first kappa shape index (κ1) is 18.9. The lowest BCUT2D eigenvalue weighted by molar-refractivity contribution is -0.116. The fraction of sp³-hybridized carbons (Fsp3) is 0.381. The van der Waals surface area contributed by atoms with Gasteiger partial charge in [-0.15, -0.1) is 0 Å². The highest BCUT2D eigenvalue weighted by atomic mass is 32.1. The Kier molecular flexibility index (Phi) is 4.82. The van der Waals surface area contributed by atoms with Gasteiger partial charge in [-0.2, -0.15) is 9.36 Å². The van der Waals surface area contributed by atoms with Gasteiger partial charge in [-0.1, -0.05) is 0 Å². The highest BCUT2D eigenvalue weighted by molar-refractivity contribution is 7.09. The molecule has 3 aromatic heterocycles. The second-order valence-electron chi connectivity index (χ2n) is 7.92. The van der Waals surface area contributed by atoms with Crippen molar-refractivity contribution in [1.82, 2.24) is 19.3 Å². The molecule has 5 rings (SSSR count). The minimum absolute atomic E-state index is 0.0726. The molecule has 2 saturated carbocycles. The van der Waals surface area contributed by atoms with Gasteiger partial charge in [-0.25, -0.2) is 4.98 Å². The summed E-state index contributed by atoms with van der Waals surface area (Å²) in [6.07, 6.45) is 7.56. The van der Waals surface area contributed by atoms with Crippen LogP contribution in [0.15, 0.2) is 36.7 Å². The maximum atomic E-state index is 11.7. The maximum absolute atomic E-state index is 11.7. The number of nitrogens with one attached hydrogen (secondary N) is 2. The topological polar surface area (TPSA) is 95.9 Å². The van der Waals surface area contributed by atoms with Crippen LogP contribution in [0.1, 0.15) is 26.2 Å². The molecule has 0 spiro atoms. The van der Waals surface area contributed by atoms with Gasteiger partial charge >= 0.3 is 0 Å². The quantitative estimate of drug-likeness (QED) is 0.622. The molecule has 3 atom stereocenters. The van der Waals surface area contributed by atoms with Crippen LogP contribution in [0, 0.1) is 11.8 Å². The zero-order chi connectivity index (χ0) is 20.7. The van der Waals surface area contributed by atoms with Crippen LogP contribution in [-0.2, 0) is 4.79 Å². The van der Waals surface area contributed by atoms with Crippen molar-refractivity contribution in [2.45, 2.75) is 32.2 Å². The summed E-state index contributed by atoms with van der Waals surface area (Å²) >= 11 is 1.23. The summed E-state index contributed by atoms with van der Waals surface area (Å²) in [5.41, 5.74) is 2.45. The van der Waals surface area contributed by atoms with Crippen LogP contribution in [-0.4, -0.2) is 38.3 Å². The second-order valence-corrected chi connectivity index (χ2v) is 8.67. The summed E-state index contributed by atoms with van der Waals surface area (Å²) in [6.45, 7) is 1.51. The molecule has 30 heavy (non-hydrogen) atoms. The fourth-order valence-electron chi connectivity index (χ4n) is 4.13. The van der Waals surface area contributed by atoms with Gasteiger partial charge in [0.2, 0.25) is 11.0 Å². The molecule has 1 amide bonds. The van der Waals surface area contributed by atoms with E-state index in [1.807, 2.05) is 24.4 Å². The summed E-state index contributed by atoms with van der Waals surface area (Å²) in [7, 11) is 1.71. The second kappa shape index (κ2) is 7.64. The highest BCUT2D eigenvalue weighted by Gasteiger charge is 2.46. The molecule has 2 aliphatic rings. The van der Waals surface area contributed by atoms with E-state index >= 15 is 0 Å². The van der Waals surface area contributed by atoms with E-state index in [2.05, 4.69) is 30.0 Å². The minimum Gasteiger partial charge on any atom is -0.381 e. The van der Waals surface area contributed by atoms with Crippen molar-refractivity contribution in [3.8, 4) is 11.5 Å². The molecule has 3 heterocycles. The van der Waals surface area contributed by atoms with E-state index in [9.17, 15) is 4.79 Å². The van der Waals surface area contributed by atoms with E-state index in [4.69, 9.17) is 0 Å². The summed E-state index contributed by atoms with van der Waals surface area (Å²) in [5.74, 6) is 2.86. The first-order valence-electron chi connectivity index (χ1n) is 10.1. The largest absolute Gasteiger partial charge is 0.381 e. The van der Waals surface area contributed by atoms with E-state index in [1.54, 1.807) is 24.2 Å². The Morgan fingerprint density at radius 1 is 1.23 bits per heavy atom. The van der Waals surface area contributed by atoms with Crippen molar-refractivity contribution in [2.24, 2.45) is 11.8 Å². The Morgan fingerprint density at radius 3 is 2.80 bits per heavy atom. The van der Waals surface area contributed by atoms with Crippen molar-refractivity contribution in [3.63, 3.8) is 0 Å². The van der Waals surface area contributed by atoms with Crippen molar-refractivity contribution in [1.29, 1.82) is 0 Å². The number of anilines is 4. The molecule has 3 aromatic rings. The molecule has 0 aromatic carbocycles. The van der Waals surface area contributed by atoms with E-state index < -0.39 is 0 Å². The lowest BCUT2D eigenvalue weighted by Crippen LogP contribution is -2.52. The van der Waals surface area contributed by atoms with Crippen LogP contribution in [0.3, 0.4) is 0 Å². The van der Waals surface area contributed by atoms with E-state index in [-0.39, 0.29) is 5.91 Å². The third-order valence-corrected chi connectivity index (χ3v) is 6.80. The molecule has 3 unspecified atom stereocenters. The standard InChI is InChI=1S/C21H23N7OS/c1-12(29)28(2)18-4-3-9-22-20(18)26-21-25-19(27-30-21)16-8-6-14(11-23-16)24-17-10-13-5-7-15(13)17/h3-4,6,8-9,11,13,15,17,24H,5,7,10H2,1-2H3,(H,22,25,26,27). The summed E-state index contributed by atoms with van der Waals surface area (Å²) < 4.78 is 4.42. The Bertz CT molecular complexity index is 1070. The molecule has 0 aliphatic heterocycles. The third-order valence-electron chi connectivity index (χ3n) is 6.17. The van der Waals surface area contributed by atoms with Gasteiger partial charge in [0.05, 0.1) is 17.6 Å². The summed E-state index contributed by atoms with van der Waals surface area (Å²) in [6, 6.07) is 8.21. The molecule has 2 fully saturated rings. The molecular formula is C21H23N7OS. The molecule has 2 aliphatic carbocycles. The number of fused-ring (bicyclic) bond motifs is 1. The Hall–Kier alpha value is -3.07. The molecule has 0 radical (unpaired) electrons. The van der Waals surface area contributed by atoms with Gasteiger partial charge in [0.1, 0.15) is 5.69 Å². The zero-order valence-electron chi connectivity index (χ0n) is 16.9. The van der Waals surface area contributed by atoms with Gasteiger partial charge < -0.3 is 15.5 Å². The zero-order valence-corrected chi connectivity index (χ0v) is 17.7. The number of hydrogen-bond acceptors (Lipinski definition) is 8. The highest BCUT2D eigenvalue weighted by Crippen LogP contribution is 2.51. The van der Waals surface area contributed by atoms with Gasteiger partial charge in [0, 0.05) is 37.7 Å². The van der Waals surface area contributed by atoms with Gasteiger partial charge in [-0.3, -0.25) is 9.78 Å². The van der Waals surface area contributed by atoms with Gasteiger partial charge in [0.15, 0.2) is 11.6 Å². The van der Waals surface area contributed by atoms with Crippen molar-refractivity contribution in [3.05, 3.63) is 36.7 Å². The van der Waals surface area contributed by atoms with Crippen molar-refractivity contribution < 1.29 is 4.79 Å². The van der Waals surface area contributed by atoms with Crippen molar-refractivity contribution in [2.75, 3.05) is 22.6 Å². The van der Waals surface area contributed by atoms with E-state index in [0.29, 0.717) is 28.5 Å². The number of carbonyl (C=O) groups excluding carboxylic acids is 1. The SMILES string of the molecule is CC(=O)N(C)c1cccnc1Nc1nc(-c2ccc(NC3CC4CCC43)cn2)ns1. The summed E-state index contributed by atoms with van der Waals surface area (Å²) in [5, 5.41) is 7.36. The molecule has 8 nitrogen and oxygen atoms in total. The molecular weight excluding hydrogens is 398 g/mol. The molecule has 9 heteroatoms. The maximum Gasteiger partial charge on any atom is 0.223 e. The monoisotopic (exact) mass is 421 g/mol. The molecule has 0 saturated heterocycles.